The maximum absolute atomic E-state index is 12.2. The zero-order valence-electron chi connectivity index (χ0n) is 14.4. The first-order valence-corrected chi connectivity index (χ1v) is 8.34. The predicted octanol–water partition coefficient (Wildman–Crippen LogP) is 3.74. The van der Waals surface area contributed by atoms with Crippen LogP contribution in [0.2, 0.25) is 5.02 Å². The molecule has 1 aromatic heterocycles. The van der Waals surface area contributed by atoms with Crippen molar-refractivity contribution in [2.75, 3.05) is 0 Å². The first kappa shape index (κ1) is 19.2. The molecule has 1 unspecified atom stereocenters. The smallest absolute Gasteiger partial charge is 0.329 e. The minimum Gasteiger partial charge on any atom is -0.457 e. The molecule has 0 fully saturated rings. The number of nitro benzene ring substituents is 1. The Hall–Kier alpha value is -3.52. The summed E-state index contributed by atoms with van der Waals surface area (Å²) in [4.78, 5) is 46.0. The van der Waals surface area contributed by atoms with Crippen LogP contribution in [0.15, 0.2) is 52.7 Å². The minimum absolute atomic E-state index is 0.132. The first-order chi connectivity index (χ1) is 13.3. The summed E-state index contributed by atoms with van der Waals surface area (Å²) < 4.78 is 10.4. The number of benzene rings is 1. The highest BCUT2D eigenvalue weighted by Crippen LogP contribution is 2.32. The van der Waals surface area contributed by atoms with Crippen molar-refractivity contribution in [3.8, 4) is 11.3 Å². The van der Waals surface area contributed by atoms with Gasteiger partial charge in [0.2, 0.25) is 0 Å². The van der Waals surface area contributed by atoms with Crippen LogP contribution in [0.25, 0.3) is 17.4 Å². The van der Waals surface area contributed by atoms with Gasteiger partial charge in [-0.05, 0) is 37.3 Å². The van der Waals surface area contributed by atoms with Gasteiger partial charge in [-0.1, -0.05) is 11.6 Å². The molecule has 8 nitrogen and oxygen atoms in total. The number of allylic oxidation sites excluding steroid dienone is 3. The van der Waals surface area contributed by atoms with Crippen LogP contribution in [0.3, 0.4) is 0 Å². The molecule has 0 amide bonds. The van der Waals surface area contributed by atoms with Crippen LogP contribution in [0.4, 0.5) is 5.69 Å². The van der Waals surface area contributed by atoms with Gasteiger partial charge in [-0.2, -0.15) is 0 Å². The Morgan fingerprint density at radius 2 is 2.00 bits per heavy atom. The van der Waals surface area contributed by atoms with Gasteiger partial charge in [-0.3, -0.25) is 24.5 Å². The molecular formula is C19H12ClNO7. The molecule has 142 valence electrons. The second kappa shape index (κ2) is 7.61. The van der Waals surface area contributed by atoms with Crippen molar-refractivity contribution in [1.29, 1.82) is 0 Å². The normalized spacial score (nSPS) is 16.8. The summed E-state index contributed by atoms with van der Waals surface area (Å²) in [6.45, 7) is 1.44. The average Bonchev–Trinajstić information content (AvgIpc) is 3.07. The lowest BCUT2D eigenvalue weighted by molar-refractivity contribution is -0.384. The number of nitrogens with zero attached hydrogens (tertiary/aromatic N) is 1. The van der Waals surface area contributed by atoms with E-state index in [4.69, 9.17) is 20.8 Å². The van der Waals surface area contributed by atoms with Crippen LogP contribution >= 0.6 is 11.6 Å². The SMILES string of the molecule is CC1=CC(=O)C(C(=O)/C=C/c2ccc(-c3ccc([N+](=O)[O-])cc3Cl)o2)C(=O)O1. The van der Waals surface area contributed by atoms with Crippen LogP contribution < -0.4 is 0 Å². The van der Waals surface area contributed by atoms with E-state index in [0.717, 1.165) is 12.2 Å². The molecular weight excluding hydrogens is 390 g/mol. The molecule has 9 heteroatoms. The number of non-ortho nitro benzene ring substituents is 1. The van der Waals surface area contributed by atoms with Crippen LogP contribution in [0.1, 0.15) is 12.7 Å². The van der Waals surface area contributed by atoms with E-state index >= 15 is 0 Å². The maximum atomic E-state index is 12.2. The van der Waals surface area contributed by atoms with E-state index in [2.05, 4.69) is 0 Å². The molecule has 3 rings (SSSR count). The van der Waals surface area contributed by atoms with Crippen molar-refractivity contribution < 1.29 is 28.5 Å². The van der Waals surface area contributed by atoms with E-state index in [1.165, 1.54) is 31.2 Å². The lowest BCUT2D eigenvalue weighted by Crippen LogP contribution is -2.34. The number of hydrogen-bond acceptors (Lipinski definition) is 7. The number of furan rings is 1. The van der Waals surface area contributed by atoms with Gasteiger partial charge in [0, 0.05) is 23.8 Å². The van der Waals surface area contributed by atoms with Gasteiger partial charge in [0.25, 0.3) is 5.69 Å². The third-order valence-electron chi connectivity index (χ3n) is 3.88. The Kier molecular flexibility index (Phi) is 5.23. The number of halogens is 1. The van der Waals surface area contributed by atoms with Crippen LogP contribution in [-0.2, 0) is 19.1 Å². The Morgan fingerprint density at radius 3 is 2.64 bits per heavy atom. The summed E-state index contributed by atoms with van der Waals surface area (Å²) in [6, 6.07) is 7.06. The lowest BCUT2D eigenvalue weighted by atomic mass is 9.96. The van der Waals surface area contributed by atoms with Gasteiger partial charge in [0.15, 0.2) is 17.5 Å². The van der Waals surface area contributed by atoms with E-state index in [0.29, 0.717) is 11.3 Å². The van der Waals surface area contributed by atoms with Crippen molar-refractivity contribution in [3.05, 3.63) is 69.1 Å². The summed E-state index contributed by atoms with van der Waals surface area (Å²) in [5, 5.41) is 10.9. The zero-order valence-corrected chi connectivity index (χ0v) is 15.1. The van der Waals surface area contributed by atoms with Gasteiger partial charge in [0.05, 0.1) is 9.95 Å². The summed E-state index contributed by atoms with van der Waals surface area (Å²) >= 11 is 6.06. The highest BCUT2D eigenvalue weighted by atomic mass is 35.5. The number of hydrogen-bond donors (Lipinski definition) is 0. The number of carbonyl (C=O) groups excluding carboxylic acids is 3. The molecule has 0 bridgehead atoms. The molecule has 1 aliphatic rings. The Balaban J connectivity index is 1.78. The molecule has 2 heterocycles. The van der Waals surface area contributed by atoms with E-state index in [9.17, 15) is 24.5 Å². The summed E-state index contributed by atoms with van der Waals surface area (Å²) in [6.07, 6.45) is 3.45. The molecule has 1 aromatic carbocycles. The molecule has 0 aliphatic carbocycles. The van der Waals surface area contributed by atoms with Crippen molar-refractivity contribution >= 4 is 40.9 Å². The Bertz CT molecular complexity index is 1060. The maximum Gasteiger partial charge on any atom is 0.329 e. The summed E-state index contributed by atoms with van der Waals surface area (Å²) in [5.41, 5.74) is 0.282. The standard InChI is InChI=1S/C19H12ClNO7/c1-10-8-16(23)18(19(24)27-10)15(22)6-3-12-4-7-17(28-12)13-5-2-11(21(25)26)9-14(13)20/h2-9,18H,1H3/b6-3+. The van der Waals surface area contributed by atoms with Gasteiger partial charge >= 0.3 is 5.97 Å². The third kappa shape index (κ3) is 3.91. The number of rotatable bonds is 5. The predicted molar refractivity (Wildman–Crippen MR) is 98.2 cm³/mol. The van der Waals surface area contributed by atoms with Gasteiger partial charge < -0.3 is 9.15 Å². The second-order valence-corrected chi connectivity index (χ2v) is 6.28. The number of esters is 1. The Morgan fingerprint density at radius 1 is 1.25 bits per heavy atom. The van der Waals surface area contributed by atoms with Gasteiger partial charge in [-0.15, -0.1) is 0 Å². The van der Waals surface area contributed by atoms with Crippen LogP contribution in [0, 0.1) is 16.0 Å². The molecule has 0 saturated heterocycles. The third-order valence-corrected chi connectivity index (χ3v) is 4.19. The second-order valence-electron chi connectivity index (χ2n) is 5.87. The molecule has 1 aliphatic heterocycles. The van der Waals surface area contributed by atoms with Crippen LogP contribution in [-0.4, -0.2) is 22.5 Å². The fourth-order valence-corrected chi connectivity index (χ4v) is 2.84. The minimum atomic E-state index is -1.53. The van der Waals surface area contributed by atoms with Crippen molar-refractivity contribution in [1.82, 2.24) is 0 Å². The molecule has 28 heavy (non-hydrogen) atoms. The van der Waals surface area contributed by atoms with Gasteiger partial charge in [0.1, 0.15) is 17.3 Å². The topological polar surface area (TPSA) is 117 Å². The fourth-order valence-electron chi connectivity index (χ4n) is 2.57. The number of ketones is 2. The number of ether oxygens (including phenoxy) is 1. The summed E-state index contributed by atoms with van der Waals surface area (Å²) in [5.74, 6) is -3.08. The molecule has 0 spiro atoms. The zero-order chi connectivity index (χ0) is 20.4. The largest absolute Gasteiger partial charge is 0.457 e. The van der Waals surface area contributed by atoms with E-state index in [1.54, 1.807) is 12.1 Å². The van der Waals surface area contributed by atoms with Gasteiger partial charge in [-0.25, -0.2) is 0 Å². The molecule has 1 atom stereocenters. The van der Waals surface area contributed by atoms with E-state index < -0.39 is 28.4 Å². The molecule has 0 saturated carbocycles. The van der Waals surface area contributed by atoms with Crippen LogP contribution in [0.5, 0.6) is 0 Å². The van der Waals surface area contributed by atoms with Crippen molar-refractivity contribution in [2.45, 2.75) is 6.92 Å². The molecule has 2 aromatic rings. The number of cyclic esters (lactones) is 1. The average molecular weight is 402 g/mol. The quantitative estimate of drug-likeness (QED) is 0.246. The lowest BCUT2D eigenvalue weighted by Gasteiger charge is -2.15. The molecule has 0 radical (unpaired) electrons. The highest BCUT2D eigenvalue weighted by Gasteiger charge is 2.36. The molecule has 0 N–H and O–H groups in total. The summed E-state index contributed by atoms with van der Waals surface area (Å²) in [7, 11) is 0. The van der Waals surface area contributed by atoms with Crippen molar-refractivity contribution in [2.24, 2.45) is 5.92 Å². The van der Waals surface area contributed by atoms with E-state index in [-0.39, 0.29) is 22.2 Å². The number of nitro groups is 1. The van der Waals surface area contributed by atoms with Crippen molar-refractivity contribution in [3.63, 3.8) is 0 Å². The highest BCUT2D eigenvalue weighted by molar-refractivity contribution is 6.33. The van der Waals surface area contributed by atoms with E-state index in [1.807, 2.05) is 0 Å². The fraction of sp³-hybridized carbons (Fsp3) is 0.105. The monoisotopic (exact) mass is 401 g/mol. The number of carbonyl (C=O) groups is 3. The Labute approximate surface area is 163 Å². The first-order valence-electron chi connectivity index (χ1n) is 7.96.